The van der Waals surface area contributed by atoms with Crippen molar-refractivity contribution in [1.29, 1.82) is 0 Å². The van der Waals surface area contributed by atoms with Gasteiger partial charge in [-0.05, 0) is 49.4 Å². The second-order valence-corrected chi connectivity index (χ2v) is 4.94. The summed E-state index contributed by atoms with van der Waals surface area (Å²) in [5.41, 5.74) is 2.98. The van der Waals surface area contributed by atoms with E-state index in [1.165, 1.54) is 7.11 Å². The van der Waals surface area contributed by atoms with Crippen LogP contribution in [0.2, 0.25) is 5.02 Å². The predicted molar refractivity (Wildman–Crippen MR) is 77.0 cm³/mol. The van der Waals surface area contributed by atoms with Gasteiger partial charge in [-0.1, -0.05) is 18.5 Å². The van der Waals surface area contributed by atoms with Crippen LogP contribution in [0.3, 0.4) is 0 Å². The molecule has 0 heterocycles. The molecule has 0 unspecified atom stereocenters. The van der Waals surface area contributed by atoms with Gasteiger partial charge in [-0.15, -0.1) is 0 Å². The van der Waals surface area contributed by atoms with Crippen LogP contribution in [0.15, 0.2) is 6.07 Å². The van der Waals surface area contributed by atoms with Gasteiger partial charge < -0.3 is 9.47 Å². The molecule has 0 atom stereocenters. The van der Waals surface area contributed by atoms with Crippen molar-refractivity contribution in [3.05, 3.63) is 27.8 Å². The maximum absolute atomic E-state index is 11.3. The van der Waals surface area contributed by atoms with E-state index in [-0.39, 0.29) is 5.97 Å². The normalized spacial score (nSPS) is 10.4. The molecule has 0 saturated carbocycles. The number of hydrogen-bond acceptors (Lipinski definition) is 3. The minimum atomic E-state index is -0.224. The quantitative estimate of drug-likeness (QED) is 0.744. The Balaban J connectivity index is 3.05. The highest BCUT2D eigenvalue weighted by atomic mass is 35.5. The Morgan fingerprint density at radius 1 is 1.37 bits per heavy atom. The lowest BCUT2D eigenvalue weighted by atomic mass is 9.99. The number of benzene rings is 1. The van der Waals surface area contributed by atoms with Gasteiger partial charge in [-0.2, -0.15) is 0 Å². The molecule has 0 radical (unpaired) electrons. The fraction of sp³-hybridized carbons (Fsp3) is 0.533. The van der Waals surface area contributed by atoms with E-state index in [1.54, 1.807) is 0 Å². The minimum absolute atomic E-state index is 0.224. The summed E-state index contributed by atoms with van der Waals surface area (Å²) >= 11 is 6.20. The summed E-state index contributed by atoms with van der Waals surface area (Å²) in [6.45, 7) is 6.64. The molecule has 1 aromatic carbocycles. The number of rotatable bonds is 6. The predicted octanol–water partition coefficient (Wildman–Crippen LogP) is 3.85. The van der Waals surface area contributed by atoms with Crippen molar-refractivity contribution < 1.29 is 14.3 Å². The molecule has 0 aliphatic heterocycles. The van der Waals surface area contributed by atoms with Crippen molar-refractivity contribution in [3.63, 3.8) is 0 Å². The lowest BCUT2D eigenvalue weighted by Gasteiger charge is -2.17. The standard InChI is InChI=1S/C15H21ClO3/c1-5-8-19-15-10(2)9-13(16)11(3)12(15)6-7-14(17)18-4/h9H,5-8H2,1-4H3. The zero-order valence-electron chi connectivity index (χ0n) is 12.0. The summed E-state index contributed by atoms with van der Waals surface area (Å²) in [6.07, 6.45) is 1.86. The number of ether oxygens (including phenoxy) is 2. The van der Waals surface area contributed by atoms with Crippen LogP contribution < -0.4 is 4.74 Å². The van der Waals surface area contributed by atoms with Gasteiger partial charge in [-0.25, -0.2) is 0 Å². The van der Waals surface area contributed by atoms with E-state index in [0.29, 0.717) is 24.5 Å². The Labute approximate surface area is 119 Å². The van der Waals surface area contributed by atoms with E-state index >= 15 is 0 Å². The van der Waals surface area contributed by atoms with Crippen LogP contribution >= 0.6 is 11.6 Å². The number of hydrogen-bond donors (Lipinski definition) is 0. The van der Waals surface area contributed by atoms with Crippen molar-refractivity contribution >= 4 is 17.6 Å². The molecule has 0 bridgehead atoms. The van der Waals surface area contributed by atoms with Gasteiger partial charge in [0.25, 0.3) is 0 Å². The highest BCUT2D eigenvalue weighted by Crippen LogP contribution is 2.33. The Kier molecular flexibility index (Phi) is 6.16. The van der Waals surface area contributed by atoms with Crippen molar-refractivity contribution in [2.75, 3.05) is 13.7 Å². The smallest absolute Gasteiger partial charge is 0.305 e. The summed E-state index contributed by atoms with van der Waals surface area (Å²) in [5, 5.41) is 0.709. The average molecular weight is 285 g/mol. The second kappa shape index (κ2) is 7.39. The largest absolute Gasteiger partial charge is 0.493 e. The SMILES string of the molecule is CCCOc1c(C)cc(Cl)c(C)c1CCC(=O)OC. The van der Waals surface area contributed by atoms with Crippen molar-refractivity contribution in [1.82, 2.24) is 0 Å². The van der Waals surface area contributed by atoms with Gasteiger partial charge in [0, 0.05) is 11.4 Å². The molecule has 1 aromatic rings. The van der Waals surface area contributed by atoms with Crippen LogP contribution in [-0.2, 0) is 16.0 Å². The summed E-state index contributed by atoms with van der Waals surface area (Å²) in [5.74, 6) is 0.631. The highest BCUT2D eigenvalue weighted by Gasteiger charge is 2.15. The number of halogens is 1. The fourth-order valence-corrected chi connectivity index (χ4v) is 2.23. The molecule has 0 aliphatic carbocycles. The summed E-state index contributed by atoms with van der Waals surface area (Å²) in [7, 11) is 1.40. The van der Waals surface area contributed by atoms with E-state index in [2.05, 4.69) is 11.7 Å². The Morgan fingerprint density at radius 3 is 2.63 bits per heavy atom. The maximum Gasteiger partial charge on any atom is 0.305 e. The summed E-state index contributed by atoms with van der Waals surface area (Å²) in [6, 6.07) is 1.91. The Morgan fingerprint density at radius 2 is 2.05 bits per heavy atom. The van der Waals surface area contributed by atoms with Crippen LogP contribution in [0.5, 0.6) is 5.75 Å². The molecule has 19 heavy (non-hydrogen) atoms. The van der Waals surface area contributed by atoms with Crippen molar-refractivity contribution in [2.24, 2.45) is 0 Å². The van der Waals surface area contributed by atoms with Crippen LogP contribution in [0, 0.1) is 13.8 Å². The first kappa shape index (κ1) is 15.8. The molecular weight excluding hydrogens is 264 g/mol. The molecule has 1 rings (SSSR count). The van der Waals surface area contributed by atoms with E-state index in [4.69, 9.17) is 16.3 Å². The van der Waals surface area contributed by atoms with Gasteiger partial charge in [0.15, 0.2) is 0 Å². The first-order valence-electron chi connectivity index (χ1n) is 6.49. The molecular formula is C15H21ClO3. The monoisotopic (exact) mass is 284 g/mol. The van der Waals surface area contributed by atoms with Crippen LogP contribution in [0.1, 0.15) is 36.5 Å². The van der Waals surface area contributed by atoms with Crippen molar-refractivity contribution in [2.45, 2.75) is 40.0 Å². The minimum Gasteiger partial charge on any atom is -0.493 e. The van der Waals surface area contributed by atoms with Gasteiger partial charge in [-0.3, -0.25) is 4.79 Å². The van der Waals surface area contributed by atoms with Gasteiger partial charge in [0.05, 0.1) is 13.7 Å². The molecule has 0 fully saturated rings. The zero-order chi connectivity index (χ0) is 14.4. The van der Waals surface area contributed by atoms with Crippen LogP contribution in [-0.4, -0.2) is 19.7 Å². The van der Waals surface area contributed by atoms with Gasteiger partial charge >= 0.3 is 5.97 Å². The first-order chi connectivity index (χ1) is 9.01. The lowest BCUT2D eigenvalue weighted by Crippen LogP contribution is -2.07. The average Bonchev–Trinajstić information content (AvgIpc) is 2.39. The van der Waals surface area contributed by atoms with E-state index in [0.717, 1.165) is 28.9 Å². The second-order valence-electron chi connectivity index (χ2n) is 4.53. The summed E-state index contributed by atoms with van der Waals surface area (Å²) < 4.78 is 10.5. The maximum atomic E-state index is 11.3. The number of aryl methyl sites for hydroxylation is 1. The van der Waals surface area contributed by atoms with Gasteiger partial charge in [0.1, 0.15) is 5.75 Å². The number of carbonyl (C=O) groups excluding carboxylic acids is 1. The van der Waals surface area contributed by atoms with Gasteiger partial charge in [0.2, 0.25) is 0 Å². The number of methoxy groups -OCH3 is 1. The Bertz CT molecular complexity index is 455. The van der Waals surface area contributed by atoms with Crippen LogP contribution in [0.25, 0.3) is 0 Å². The highest BCUT2D eigenvalue weighted by molar-refractivity contribution is 6.31. The lowest BCUT2D eigenvalue weighted by molar-refractivity contribution is -0.140. The number of carbonyl (C=O) groups is 1. The Hall–Kier alpha value is -1.22. The molecule has 0 N–H and O–H groups in total. The molecule has 0 aromatic heterocycles. The molecule has 4 heteroatoms. The topological polar surface area (TPSA) is 35.5 Å². The van der Waals surface area contributed by atoms with Crippen LogP contribution in [0.4, 0.5) is 0 Å². The van der Waals surface area contributed by atoms with E-state index in [9.17, 15) is 4.79 Å². The molecule has 0 amide bonds. The first-order valence-corrected chi connectivity index (χ1v) is 6.87. The summed E-state index contributed by atoms with van der Waals surface area (Å²) in [4.78, 5) is 11.3. The third-order valence-corrected chi connectivity index (χ3v) is 3.44. The zero-order valence-corrected chi connectivity index (χ0v) is 12.8. The third-order valence-electron chi connectivity index (χ3n) is 3.04. The molecule has 3 nitrogen and oxygen atoms in total. The molecule has 106 valence electrons. The number of esters is 1. The molecule has 0 aliphatic rings. The third kappa shape index (κ3) is 4.13. The van der Waals surface area contributed by atoms with E-state index < -0.39 is 0 Å². The molecule has 0 saturated heterocycles. The van der Waals surface area contributed by atoms with E-state index in [1.807, 2.05) is 19.9 Å². The fourth-order valence-electron chi connectivity index (χ4n) is 1.95. The molecule has 0 spiro atoms. The van der Waals surface area contributed by atoms with Crippen molar-refractivity contribution in [3.8, 4) is 5.75 Å².